The zero-order valence-electron chi connectivity index (χ0n) is 19.7. The van der Waals surface area contributed by atoms with Crippen molar-refractivity contribution < 1.29 is 4.79 Å². The maximum atomic E-state index is 13.7. The van der Waals surface area contributed by atoms with Crippen molar-refractivity contribution in [3.05, 3.63) is 131 Å². The number of carbonyl (C=O) groups excluding carboxylic acids is 1. The summed E-state index contributed by atoms with van der Waals surface area (Å²) < 4.78 is 0. The van der Waals surface area contributed by atoms with Gasteiger partial charge in [0, 0.05) is 5.56 Å². The highest BCUT2D eigenvalue weighted by molar-refractivity contribution is 7.19. The fourth-order valence-corrected chi connectivity index (χ4v) is 5.19. The van der Waals surface area contributed by atoms with Crippen molar-refractivity contribution in [1.82, 2.24) is 4.98 Å². The first-order chi connectivity index (χ1) is 17.1. The molecule has 0 saturated carbocycles. The second-order valence-corrected chi connectivity index (χ2v) is 9.60. The maximum Gasteiger partial charge on any atom is 0.238 e. The molecule has 0 aliphatic rings. The predicted molar refractivity (Wildman–Crippen MR) is 146 cm³/mol. The number of nitrogens with zero attached hydrogens (tertiary/aromatic N) is 1. The molecule has 1 amide bonds. The van der Waals surface area contributed by atoms with Gasteiger partial charge >= 0.3 is 0 Å². The molecule has 5 aromatic rings. The third-order valence-electron chi connectivity index (χ3n) is 6.20. The number of benzene rings is 4. The number of anilines is 1. The van der Waals surface area contributed by atoms with Crippen LogP contribution in [0.1, 0.15) is 28.2 Å². The number of aryl methyl sites for hydroxylation is 2. The number of carbonyl (C=O) groups is 1. The lowest BCUT2D eigenvalue weighted by Crippen LogP contribution is -2.22. The molecule has 0 bridgehead atoms. The lowest BCUT2D eigenvalue weighted by atomic mass is 9.90. The highest BCUT2D eigenvalue weighted by Crippen LogP contribution is 2.40. The Balaban J connectivity index is 1.55. The molecule has 0 spiro atoms. The van der Waals surface area contributed by atoms with E-state index >= 15 is 0 Å². The van der Waals surface area contributed by atoms with E-state index in [-0.39, 0.29) is 5.91 Å². The Kier molecular flexibility index (Phi) is 6.55. The monoisotopic (exact) mass is 474 g/mol. The molecule has 0 unspecified atom stereocenters. The summed E-state index contributed by atoms with van der Waals surface area (Å²) in [5, 5.41) is 3.73. The van der Waals surface area contributed by atoms with Gasteiger partial charge in [0.15, 0.2) is 5.13 Å². The summed E-state index contributed by atoms with van der Waals surface area (Å²) in [4.78, 5) is 19.6. The molecule has 3 nitrogen and oxygen atoms in total. The van der Waals surface area contributed by atoms with E-state index < -0.39 is 5.92 Å². The first-order valence-corrected chi connectivity index (χ1v) is 12.5. The Labute approximate surface area is 210 Å². The molecular formula is C31H26N2OS. The highest BCUT2D eigenvalue weighted by atomic mass is 32.1. The number of amides is 1. The van der Waals surface area contributed by atoms with E-state index in [4.69, 9.17) is 4.98 Å². The Morgan fingerprint density at radius 1 is 0.714 bits per heavy atom. The van der Waals surface area contributed by atoms with Crippen molar-refractivity contribution in [2.45, 2.75) is 19.8 Å². The molecule has 4 aromatic carbocycles. The minimum absolute atomic E-state index is 0.0950. The standard InChI is InChI=1S/C31H26N2OS/c1-21-18-19-26(20-22(21)2)29-28(25-16-10-5-11-17-25)32-31(35-29)33-30(34)27(23-12-6-3-7-13-23)24-14-8-4-9-15-24/h3-20,27H,1-2H3,(H,32,33,34). The summed E-state index contributed by atoms with van der Waals surface area (Å²) in [7, 11) is 0. The van der Waals surface area contributed by atoms with E-state index in [0.29, 0.717) is 5.13 Å². The van der Waals surface area contributed by atoms with Gasteiger partial charge in [-0.3, -0.25) is 4.79 Å². The largest absolute Gasteiger partial charge is 0.301 e. The first-order valence-electron chi connectivity index (χ1n) is 11.6. The minimum atomic E-state index is -0.424. The zero-order valence-corrected chi connectivity index (χ0v) is 20.5. The normalized spacial score (nSPS) is 10.9. The molecule has 0 radical (unpaired) electrons. The van der Waals surface area contributed by atoms with Crippen molar-refractivity contribution in [1.29, 1.82) is 0 Å². The molecule has 4 heteroatoms. The lowest BCUT2D eigenvalue weighted by molar-refractivity contribution is -0.116. The molecule has 1 N–H and O–H groups in total. The van der Waals surface area contributed by atoms with E-state index in [1.165, 1.54) is 22.5 Å². The van der Waals surface area contributed by atoms with Gasteiger partial charge in [-0.1, -0.05) is 121 Å². The molecule has 172 valence electrons. The van der Waals surface area contributed by atoms with Crippen LogP contribution in [0.3, 0.4) is 0 Å². The summed E-state index contributed by atoms with van der Waals surface area (Å²) in [5.41, 5.74) is 7.39. The van der Waals surface area contributed by atoms with E-state index in [1.807, 2.05) is 78.9 Å². The zero-order chi connectivity index (χ0) is 24.2. The molecule has 0 saturated heterocycles. The number of thiazole rings is 1. The quantitative estimate of drug-likeness (QED) is 0.272. The molecule has 0 fully saturated rings. The minimum Gasteiger partial charge on any atom is -0.301 e. The fraction of sp³-hybridized carbons (Fsp3) is 0.0968. The average Bonchev–Trinajstić information content (AvgIpc) is 3.31. The van der Waals surface area contributed by atoms with Crippen LogP contribution in [0.4, 0.5) is 5.13 Å². The van der Waals surface area contributed by atoms with E-state index in [0.717, 1.165) is 32.8 Å². The van der Waals surface area contributed by atoms with Gasteiger partial charge in [0.2, 0.25) is 5.91 Å². The molecular weight excluding hydrogens is 448 g/mol. The molecule has 0 aliphatic carbocycles. The second kappa shape index (κ2) is 10.1. The van der Waals surface area contributed by atoms with Crippen LogP contribution in [0.2, 0.25) is 0 Å². The van der Waals surface area contributed by atoms with Crippen LogP contribution in [0, 0.1) is 13.8 Å². The lowest BCUT2D eigenvalue weighted by Gasteiger charge is -2.17. The van der Waals surface area contributed by atoms with Gasteiger partial charge in [-0.2, -0.15) is 0 Å². The van der Waals surface area contributed by atoms with Crippen LogP contribution in [-0.4, -0.2) is 10.9 Å². The molecule has 1 heterocycles. The molecule has 1 aromatic heterocycles. The molecule has 35 heavy (non-hydrogen) atoms. The van der Waals surface area contributed by atoms with Crippen LogP contribution in [-0.2, 0) is 4.79 Å². The van der Waals surface area contributed by atoms with Crippen LogP contribution in [0.15, 0.2) is 109 Å². The fourth-order valence-electron chi connectivity index (χ4n) is 4.21. The molecule has 0 aliphatic heterocycles. The second-order valence-electron chi connectivity index (χ2n) is 8.61. The van der Waals surface area contributed by atoms with E-state index in [9.17, 15) is 4.79 Å². The number of aromatic nitrogens is 1. The summed E-state index contributed by atoms with van der Waals surface area (Å²) in [6.07, 6.45) is 0. The van der Waals surface area contributed by atoms with Crippen LogP contribution < -0.4 is 5.32 Å². The van der Waals surface area contributed by atoms with Gasteiger partial charge in [0.25, 0.3) is 0 Å². The van der Waals surface area contributed by atoms with Crippen molar-refractivity contribution in [2.24, 2.45) is 0 Å². The van der Waals surface area contributed by atoms with Gasteiger partial charge in [-0.15, -0.1) is 0 Å². The van der Waals surface area contributed by atoms with Crippen molar-refractivity contribution in [3.63, 3.8) is 0 Å². The number of nitrogens with one attached hydrogen (secondary N) is 1. The van der Waals surface area contributed by atoms with Gasteiger partial charge in [0.1, 0.15) is 0 Å². The van der Waals surface area contributed by atoms with Crippen molar-refractivity contribution >= 4 is 22.4 Å². The Bertz CT molecular complexity index is 1400. The number of hydrogen-bond acceptors (Lipinski definition) is 3. The van der Waals surface area contributed by atoms with E-state index in [1.54, 1.807) is 0 Å². The third-order valence-corrected chi connectivity index (χ3v) is 7.22. The SMILES string of the molecule is Cc1ccc(-c2sc(NC(=O)C(c3ccccc3)c3ccccc3)nc2-c2ccccc2)cc1C. The first kappa shape index (κ1) is 22.8. The van der Waals surface area contributed by atoms with Gasteiger partial charge in [-0.05, 0) is 41.7 Å². The van der Waals surface area contributed by atoms with Crippen LogP contribution in [0.25, 0.3) is 21.7 Å². The van der Waals surface area contributed by atoms with Gasteiger partial charge < -0.3 is 5.32 Å². The predicted octanol–water partition coefficient (Wildman–Crippen LogP) is 7.86. The third kappa shape index (κ3) is 4.93. The Hall–Kier alpha value is -4.02. The Morgan fingerprint density at radius 3 is 1.86 bits per heavy atom. The summed E-state index contributed by atoms with van der Waals surface area (Å²) in [6.45, 7) is 4.23. The topological polar surface area (TPSA) is 42.0 Å². The summed E-state index contributed by atoms with van der Waals surface area (Å²) >= 11 is 1.52. The summed E-state index contributed by atoms with van der Waals surface area (Å²) in [6, 6.07) is 36.4. The Morgan fingerprint density at radius 2 is 1.29 bits per heavy atom. The summed E-state index contributed by atoms with van der Waals surface area (Å²) in [5.74, 6) is -0.519. The number of hydrogen-bond donors (Lipinski definition) is 1. The average molecular weight is 475 g/mol. The number of rotatable bonds is 6. The van der Waals surface area contributed by atoms with Crippen molar-refractivity contribution in [2.75, 3.05) is 5.32 Å². The van der Waals surface area contributed by atoms with Gasteiger partial charge in [-0.25, -0.2) is 4.98 Å². The molecule has 5 rings (SSSR count). The molecule has 0 atom stereocenters. The smallest absolute Gasteiger partial charge is 0.238 e. The maximum absolute atomic E-state index is 13.7. The highest BCUT2D eigenvalue weighted by Gasteiger charge is 2.25. The van der Waals surface area contributed by atoms with Crippen molar-refractivity contribution in [3.8, 4) is 21.7 Å². The van der Waals surface area contributed by atoms with E-state index in [2.05, 4.69) is 49.5 Å². The van der Waals surface area contributed by atoms with Crippen LogP contribution in [0.5, 0.6) is 0 Å². The van der Waals surface area contributed by atoms with Gasteiger partial charge in [0.05, 0.1) is 16.5 Å². The van der Waals surface area contributed by atoms with Crippen LogP contribution >= 0.6 is 11.3 Å².